The van der Waals surface area contributed by atoms with Gasteiger partial charge in [-0.1, -0.05) is 18.2 Å². The summed E-state index contributed by atoms with van der Waals surface area (Å²) in [6, 6.07) is 13.1. The molecule has 0 saturated carbocycles. The van der Waals surface area contributed by atoms with E-state index in [1.54, 1.807) is 18.2 Å². The third-order valence-electron chi connectivity index (χ3n) is 5.30. The number of hydrogen-bond donors (Lipinski definition) is 1. The van der Waals surface area contributed by atoms with Crippen molar-refractivity contribution < 1.29 is 28.6 Å². The first-order valence-electron chi connectivity index (χ1n) is 9.73. The van der Waals surface area contributed by atoms with Crippen LogP contribution in [0, 0.1) is 5.82 Å². The van der Waals surface area contributed by atoms with Gasteiger partial charge in [0, 0.05) is 10.9 Å². The van der Waals surface area contributed by atoms with Crippen LogP contribution in [0.25, 0.3) is 5.76 Å². The van der Waals surface area contributed by atoms with Crippen LogP contribution in [0.2, 0.25) is 0 Å². The van der Waals surface area contributed by atoms with Gasteiger partial charge in [-0.25, -0.2) is 4.39 Å². The number of benzene rings is 2. The molecule has 1 aromatic heterocycles. The molecule has 1 N–H and O–H groups in total. The Balaban J connectivity index is 1.89. The topological polar surface area (TPSA) is 76.1 Å². The average molecular weight is 453 g/mol. The summed E-state index contributed by atoms with van der Waals surface area (Å²) < 4.78 is 24.1. The lowest BCUT2D eigenvalue weighted by Crippen LogP contribution is -2.28. The predicted octanol–water partition coefficient (Wildman–Crippen LogP) is 4.53. The highest BCUT2D eigenvalue weighted by Crippen LogP contribution is 2.42. The molecule has 8 heteroatoms. The zero-order valence-electron chi connectivity index (χ0n) is 17.4. The largest absolute Gasteiger partial charge is 0.507 e. The highest BCUT2D eigenvalue weighted by atomic mass is 32.1. The van der Waals surface area contributed by atoms with Crippen molar-refractivity contribution in [1.82, 2.24) is 4.90 Å². The van der Waals surface area contributed by atoms with E-state index < -0.39 is 23.5 Å². The Morgan fingerprint density at radius 3 is 2.47 bits per heavy atom. The van der Waals surface area contributed by atoms with E-state index in [-0.39, 0.29) is 29.2 Å². The van der Waals surface area contributed by atoms with Crippen molar-refractivity contribution >= 4 is 28.8 Å². The van der Waals surface area contributed by atoms with E-state index in [9.17, 15) is 19.1 Å². The highest BCUT2D eigenvalue weighted by Gasteiger charge is 2.46. The maximum absolute atomic E-state index is 13.6. The number of methoxy groups -OCH3 is 2. The van der Waals surface area contributed by atoms with Crippen molar-refractivity contribution in [1.29, 1.82) is 0 Å². The molecule has 1 atom stereocenters. The van der Waals surface area contributed by atoms with Crippen molar-refractivity contribution in [3.05, 3.63) is 87.4 Å². The van der Waals surface area contributed by atoms with E-state index in [1.807, 2.05) is 17.5 Å². The minimum Gasteiger partial charge on any atom is -0.507 e. The Labute approximate surface area is 188 Å². The molecular weight excluding hydrogens is 433 g/mol. The van der Waals surface area contributed by atoms with Gasteiger partial charge >= 0.3 is 0 Å². The maximum atomic E-state index is 13.6. The Kier molecular flexibility index (Phi) is 5.96. The third-order valence-corrected chi connectivity index (χ3v) is 6.16. The van der Waals surface area contributed by atoms with Crippen LogP contribution in [-0.4, -0.2) is 35.9 Å². The second kappa shape index (κ2) is 8.84. The van der Waals surface area contributed by atoms with Gasteiger partial charge in [0.2, 0.25) is 0 Å². The summed E-state index contributed by atoms with van der Waals surface area (Å²) in [5.74, 6) is -1.57. The quantitative estimate of drug-likeness (QED) is 0.337. The van der Waals surface area contributed by atoms with Crippen molar-refractivity contribution in [2.45, 2.75) is 12.6 Å². The van der Waals surface area contributed by atoms with E-state index in [1.165, 1.54) is 54.7 Å². The zero-order valence-corrected chi connectivity index (χ0v) is 18.2. The molecule has 3 aromatic rings. The molecule has 0 bridgehead atoms. The summed E-state index contributed by atoms with van der Waals surface area (Å²) in [7, 11) is 2.93. The van der Waals surface area contributed by atoms with E-state index in [4.69, 9.17) is 9.47 Å². The fraction of sp³-hybridized carbons (Fsp3) is 0.167. The second-order valence-electron chi connectivity index (χ2n) is 7.12. The number of rotatable bonds is 6. The van der Waals surface area contributed by atoms with E-state index in [0.717, 1.165) is 4.88 Å². The van der Waals surface area contributed by atoms with Crippen LogP contribution in [-0.2, 0) is 16.1 Å². The minimum atomic E-state index is -0.885. The number of thiophene rings is 1. The highest BCUT2D eigenvalue weighted by molar-refractivity contribution is 7.09. The number of ether oxygens (including phenoxy) is 2. The number of Topliss-reactive ketones (excluding diaryl/α,β-unsaturated/α-hetero) is 1. The van der Waals surface area contributed by atoms with Crippen molar-refractivity contribution in [2.75, 3.05) is 14.2 Å². The third kappa shape index (κ3) is 3.85. The standard InChI is InChI=1S/C24H20FNO5S/c1-30-16-9-10-18(19(12-16)31-2)22(27)20-21(14-5-7-15(25)8-6-14)26(24(29)23(20)28)13-17-4-3-11-32-17/h3-12,21,27H,13H2,1-2H3/b22-20-. The summed E-state index contributed by atoms with van der Waals surface area (Å²) in [6.07, 6.45) is 0. The number of aliphatic hydroxyl groups is 1. The fourth-order valence-corrected chi connectivity index (χ4v) is 4.45. The van der Waals surface area contributed by atoms with Gasteiger partial charge in [0.1, 0.15) is 23.1 Å². The molecule has 2 aromatic carbocycles. The lowest BCUT2D eigenvalue weighted by atomic mass is 9.95. The SMILES string of the molecule is COc1ccc(/C(O)=C2/C(=O)C(=O)N(Cc3cccs3)C2c2ccc(F)cc2)c(OC)c1. The van der Waals surface area contributed by atoms with Crippen LogP contribution in [0.1, 0.15) is 22.0 Å². The molecule has 0 spiro atoms. The van der Waals surface area contributed by atoms with Crippen LogP contribution >= 0.6 is 11.3 Å². The Morgan fingerprint density at radius 1 is 1.09 bits per heavy atom. The summed E-state index contributed by atoms with van der Waals surface area (Å²) in [4.78, 5) is 28.3. The normalized spacial score (nSPS) is 17.6. The molecule has 4 rings (SSSR count). The lowest BCUT2D eigenvalue weighted by molar-refractivity contribution is -0.140. The lowest BCUT2D eigenvalue weighted by Gasteiger charge is -2.25. The second-order valence-corrected chi connectivity index (χ2v) is 8.16. The predicted molar refractivity (Wildman–Crippen MR) is 118 cm³/mol. The molecule has 1 unspecified atom stereocenters. The molecule has 164 valence electrons. The number of halogens is 1. The summed E-state index contributed by atoms with van der Waals surface area (Å²) in [5.41, 5.74) is 0.673. The maximum Gasteiger partial charge on any atom is 0.295 e. The number of amides is 1. The minimum absolute atomic E-state index is 0.0818. The van der Waals surface area contributed by atoms with Gasteiger partial charge in [0.25, 0.3) is 11.7 Å². The molecule has 0 radical (unpaired) electrons. The van der Waals surface area contributed by atoms with E-state index in [0.29, 0.717) is 11.3 Å². The van der Waals surface area contributed by atoms with Gasteiger partial charge in [-0.05, 0) is 41.3 Å². The van der Waals surface area contributed by atoms with Crippen molar-refractivity contribution in [3.63, 3.8) is 0 Å². The molecule has 1 saturated heterocycles. The molecule has 1 amide bonds. The number of ketones is 1. The van der Waals surface area contributed by atoms with Gasteiger partial charge in [-0.2, -0.15) is 0 Å². The summed E-state index contributed by atoms with van der Waals surface area (Å²) in [5, 5.41) is 13.1. The van der Waals surface area contributed by atoms with Crippen LogP contribution < -0.4 is 9.47 Å². The number of carbonyl (C=O) groups excluding carboxylic acids is 2. The zero-order chi connectivity index (χ0) is 22.8. The smallest absolute Gasteiger partial charge is 0.295 e. The first-order chi connectivity index (χ1) is 15.4. The fourth-order valence-electron chi connectivity index (χ4n) is 3.74. The van der Waals surface area contributed by atoms with Crippen LogP contribution in [0.5, 0.6) is 11.5 Å². The number of nitrogens with zero attached hydrogens (tertiary/aromatic N) is 1. The van der Waals surface area contributed by atoms with Gasteiger partial charge < -0.3 is 19.5 Å². The Hall–Kier alpha value is -3.65. The van der Waals surface area contributed by atoms with E-state index in [2.05, 4.69) is 0 Å². The van der Waals surface area contributed by atoms with Gasteiger partial charge in [0.15, 0.2) is 0 Å². The number of carbonyl (C=O) groups is 2. The first kappa shape index (κ1) is 21.6. The molecule has 1 aliphatic rings. The molecule has 32 heavy (non-hydrogen) atoms. The number of likely N-dealkylation sites (tertiary alicyclic amines) is 1. The average Bonchev–Trinajstić information content (AvgIpc) is 3.41. The Morgan fingerprint density at radius 2 is 1.84 bits per heavy atom. The van der Waals surface area contributed by atoms with Gasteiger partial charge in [-0.3, -0.25) is 9.59 Å². The summed E-state index contributed by atoms with van der Waals surface area (Å²) >= 11 is 1.45. The van der Waals surface area contributed by atoms with E-state index >= 15 is 0 Å². The van der Waals surface area contributed by atoms with Crippen molar-refractivity contribution in [3.8, 4) is 11.5 Å². The first-order valence-corrected chi connectivity index (χ1v) is 10.6. The summed E-state index contributed by atoms with van der Waals surface area (Å²) in [6.45, 7) is 0.181. The molecule has 6 nitrogen and oxygen atoms in total. The number of aliphatic hydroxyl groups excluding tert-OH is 1. The molecule has 1 aliphatic heterocycles. The van der Waals surface area contributed by atoms with Crippen LogP contribution in [0.15, 0.2) is 65.6 Å². The molecule has 0 aliphatic carbocycles. The molecular formula is C24H20FNO5S. The van der Waals surface area contributed by atoms with Gasteiger partial charge in [-0.15, -0.1) is 11.3 Å². The monoisotopic (exact) mass is 453 g/mol. The van der Waals surface area contributed by atoms with Crippen molar-refractivity contribution in [2.24, 2.45) is 0 Å². The Bertz CT molecular complexity index is 1190. The van der Waals surface area contributed by atoms with Crippen LogP contribution in [0.3, 0.4) is 0 Å². The van der Waals surface area contributed by atoms with Crippen LogP contribution in [0.4, 0.5) is 4.39 Å². The van der Waals surface area contributed by atoms with Gasteiger partial charge in [0.05, 0.1) is 37.9 Å². The molecule has 2 heterocycles. The molecule has 1 fully saturated rings. The number of hydrogen-bond acceptors (Lipinski definition) is 6.